The first-order chi connectivity index (χ1) is 15.0. The van der Waals surface area contributed by atoms with E-state index in [0.29, 0.717) is 22.3 Å². The van der Waals surface area contributed by atoms with Gasteiger partial charge in [-0.1, -0.05) is 48.5 Å². The zero-order valence-electron chi connectivity index (χ0n) is 16.3. The van der Waals surface area contributed by atoms with E-state index in [9.17, 15) is 17.6 Å². The lowest BCUT2D eigenvalue weighted by Gasteiger charge is -2.27. The van der Waals surface area contributed by atoms with Gasteiger partial charge in [0.05, 0.1) is 0 Å². The minimum atomic E-state index is -0.679. The van der Waals surface area contributed by atoms with Crippen LogP contribution in [0.2, 0.25) is 0 Å². The zero-order chi connectivity index (χ0) is 21.8. The van der Waals surface area contributed by atoms with Crippen molar-refractivity contribution in [1.29, 1.82) is 0 Å². The Morgan fingerprint density at radius 3 is 0.742 bits per heavy atom. The Hall–Kier alpha value is -3.44. The van der Waals surface area contributed by atoms with Crippen molar-refractivity contribution in [3.05, 3.63) is 143 Å². The minimum Gasteiger partial charge on any atom is -0.356 e. The largest absolute Gasteiger partial charge is 0.356 e. The molecule has 0 bridgehead atoms. The molecule has 0 aliphatic heterocycles. The Morgan fingerprint density at radius 2 is 0.548 bits per heavy atom. The minimum absolute atomic E-state index is 0.393. The summed E-state index contributed by atoms with van der Waals surface area (Å²) in [7, 11) is 0. The van der Waals surface area contributed by atoms with Gasteiger partial charge in [0.15, 0.2) is 0 Å². The molecule has 0 saturated heterocycles. The Bertz CT molecular complexity index is 938. The number of hydrogen-bond acceptors (Lipinski definition) is 1. The van der Waals surface area contributed by atoms with Crippen LogP contribution in [-0.2, 0) is 4.74 Å². The van der Waals surface area contributed by atoms with E-state index in [0.717, 1.165) is 0 Å². The van der Waals surface area contributed by atoms with Crippen LogP contribution < -0.4 is 0 Å². The fourth-order valence-electron chi connectivity index (χ4n) is 3.39. The van der Waals surface area contributed by atoms with E-state index in [1.807, 2.05) is 0 Å². The molecular formula is C26H18F4O. The topological polar surface area (TPSA) is 9.23 Å². The van der Waals surface area contributed by atoms with Gasteiger partial charge in [0, 0.05) is 0 Å². The number of hydrogen-bond donors (Lipinski definition) is 0. The van der Waals surface area contributed by atoms with Gasteiger partial charge in [0.1, 0.15) is 35.5 Å². The second kappa shape index (κ2) is 9.14. The first kappa shape index (κ1) is 20.8. The molecule has 0 aliphatic rings. The molecule has 4 aromatic carbocycles. The van der Waals surface area contributed by atoms with Crippen molar-refractivity contribution in [2.45, 2.75) is 12.2 Å². The lowest BCUT2D eigenvalue weighted by atomic mass is 9.97. The molecule has 156 valence electrons. The molecular weight excluding hydrogens is 404 g/mol. The van der Waals surface area contributed by atoms with E-state index in [-0.39, 0.29) is 0 Å². The van der Waals surface area contributed by atoms with Crippen LogP contribution in [0.15, 0.2) is 97.1 Å². The van der Waals surface area contributed by atoms with Crippen LogP contribution in [0.5, 0.6) is 0 Å². The van der Waals surface area contributed by atoms with Gasteiger partial charge < -0.3 is 4.74 Å². The van der Waals surface area contributed by atoms with Crippen molar-refractivity contribution in [1.82, 2.24) is 0 Å². The summed E-state index contributed by atoms with van der Waals surface area (Å²) in [6, 6.07) is 23.3. The van der Waals surface area contributed by atoms with Crippen molar-refractivity contribution in [2.75, 3.05) is 0 Å². The molecule has 0 aromatic heterocycles. The van der Waals surface area contributed by atoms with Gasteiger partial charge in [-0.15, -0.1) is 0 Å². The fourth-order valence-corrected chi connectivity index (χ4v) is 3.39. The molecule has 0 N–H and O–H groups in total. The highest BCUT2D eigenvalue weighted by Gasteiger charge is 2.24. The average Bonchev–Trinajstić information content (AvgIpc) is 2.78. The molecule has 4 rings (SSSR count). The van der Waals surface area contributed by atoms with E-state index in [1.54, 1.807) is 48.5 Å². The van der Waals surface area contributed by atoms with Crippen molar-refractivity contribution >= 4 is 0 Å². The molecule has 0 radical (unpaired) electrons. The van der Waals surface area contributed by atoms with Crippen LogP contribution in [0.1, 0.15) is 34.5 Å². The Balaban J connectivity index is 1.79. The predicted octanol–water partition coefficient (Wildman–Crippen LogP) is 7.14. The molecule has 0 aliphatic carbocycles. The fraction of sp³-hybridized carbons (Fsp3) is 0.0769. The van der Waals surface area contributed by atoms with Crippen LogP contribution in [-0.4, -0.2) is 0 Å². The molecule has 5 heteroatoms. The third kappa shape index (κ3) is 5.01. The van der Waals surface area contributed by atoms with Gasteiger partial charge in [-0.25, -0.2) is 17.6 Å². The standard InChI is InChI=1S/C26H18F4O/c27-21-9-1-17(2-10-21)25(18-3-11-22(28)12-4-18)31-26(19-5-13-23(29)14-6-19)20-7-15-24(30)16-8-20/h1-16,25-26H. The van der Waals surface area contributed by atoms with E-state index in [2.05, 4.69) is 0 Å². The molecule has 0 fully saturated rings. The molecule has 0 spiro atoms. The number of halogens is 4. The quantitative estimate of drug-likeness (QED) is 0.300. The SMILES string of the molecule is Fc1ccc(C(OC(c2ccc(F)cc2)c2ccc(F)cc2)c2ccc(F)cc2)cc1. The maximum atomic E-state index is 13.5. The van der Waals surface area contributed by atoms with Crippen LogP contribution in [0.25, 0.3) is 0 Å². The molecule has 0 heterocycles. The average molecular weight is 422 g/mol. The maximum Gasteiger partial charge on any atom is 0.123 e. The highest BCUT2D eigenvalue weighted by atomic mass is 19.1. The monoisotopic (exact) mass is 422 g/mol. The van der Waals surface area contributed by atoms with Gasteiger partial charge in [-0.05, 0) is 70.8 Å². The summed E-state index contributed by atoms with van der Waals surface area (Å²) < 4.78 is 60.5. The number of ether oxygens (including phenoxy) is 1. The first-order valence-corrected chi connectivity index (χ1v) is 9.67. The van der Waals surface area contributed by atoms with E-state index < -0.39 is 35.5 Å². The molecule has 0 atom stereocenters. The number of rotatable bonds is 6. The third-order valence-corrected chi connectivity index (χ3v) is 4.96. The van der Waals surface area contributed by atoms with Crippen LogP contribution in [0.4, 0.5) is 17.6 Å². The summed E-state index contributed by atoms with van der Waals surface area (Å²) in [5.74, 6) is -1.57. The summed E-state index contributed by atoms with van der Waals surface area (Å²) in [6.45, 7) is 0. The van der Waals surface area contributed by atoms with Crippen molar-refractivity contribution in [3.8, 4) is 0 Å². The normalized spacial score (nSPS) is 11.3. The van der Waals surface area contributed by atoms with Crippen LogP contribution in [0.3, 0.4) is 0 Å². The predicted molar refractivity (Wildman–Crippen MR) is 110 cm³/mol. The van der Waals surface area contributed by atoms with E-state index in [1.165, 1.54) is 48.5 Å². The summed E-state index contributed by atoms with van der Waals surface area (Å²) in [6.07, 6.45) is -1.36. The third-order valence-electron chi connectivity index (χ3n) is 4.96. The highest BCUT2D eigenvalue weighted by Crippen LogP contribution is 2.36. The number of benzene rings is 4. The van der Waals surface area contributed by atoms with E-state index in [4.69, 9.17) is 4.74 Å². The Morgan fingerprint density at radius 1 is 0.355 bits per heavy atom. The van der Waals surface area contributed by atoms with Crippen molar-refractivity contribution in [3.63, 3.8) is 0 Å². The van der Waals surface area contributed by atoms with Crippen molar-refractivity contribution in [2.24, 2.45) is 0 Å². The lowest BCUT2D eigenvalue weighted by molar-refractivity contribution is 0.0307. The Kier molecular flexibility index (Phi) is 6.14. The smallest absolute Gasteiger partial charge is 0.123 e. The Labute approximate surface area is 177 Å². The van der Waals surface area contributed by atoms with Gasteiger partial charge >= 0.3 is 0 Å². The molecule has 4 aromatic rings. The molecule has 1 nitrogen and oxygen atoms in total. The van der Waals surface area contributed by atoms with Gasteiger partial charge in [0.2, 0.25) is 0 Å². The molecule has 0 saturated carbocycles. The van der Waals surface area contributed by atoms with Crippen LogP contribution >= 0.6 is 0 Å². The molecule has 0 amide bonds. The summed E-state index contributed by atoms with van der Waals surface area (Å²) in [5, 5.41) is 0. The summed E-state index contributed by atoms with van der Waals surface area (Å²) >= 11 is 0. The summed E-state index contributed by atoms with van der Waals surface area (Å²) in [4.78, 5) is 0. The highest BCUT2D eigenvalue weighted by molar-refractivity contribution is 5.34. The summed E-state index contributed by atoms with van der Waals surface area (Å²) in [5.41, 5.74) is 2.62. The first-order valence-electron chi connectivity index (χ1n) is 9.67. The van der Waals surface area contributed by atoms with Gasteiger partial charge in [-0.2, -0.15) is 0 Å². The zero-order valence-corrected chi connectivity index (χ0v) is 16.3. The maximum absolute atomic E-state index is 13.5. The second-order valence-electron chi connectivity index (χ2n) is 7.10. The lowest BCUT2D eigenvalue weighted by Crippen LogP contribution is -2.13. The van der Waals surface area contributed by atoms with Crippen molar-refractivity contribution < 1.29 is 22.3 Å². The second-order valence-corrected chi connectivity index (χ2v) is 7.10. The van der Waals surface area contributed by atoms with Gasteiger partial charge in [-0.3, -0.25) is 0 Å². The van der Waals surface area contributed by atoms with Gasteiger partial charge in [0.25, 0.3) is 0 Å². The molecule has 0 unspecified atom stereocenters. The van der Waals surface area contributed by atoms with E-state index >= 15 is 0 Å². The van der Waals surface area contributed by atoms with Crippen LogP contribution in [0, 0.1) is 23.3 Å². The molecule has 31 heavy (non-hydrogen) atoms.